The molecule has 0 unspecified atom stereocenters. The molecule has 9 heteroatoms. The molecule has 2 aliphatic heterocycles. The molecule has 1 saturated heterocycles. The summed E-state index contributed by atoms with van der Waals surface area (Å²) in [6.45, 7) is 13.4. The van der Waals surface area contributed by atoms with Gasteiger partial charge in [-0.05, 0) is 51.2 Å². The first-order valence-electron chi connectivity index (χ1n) is 10.6. The summed E-state index contributed by atoms with van der Waals surface area (Å²) in [5.74, 6) is 0.971. The summed E-state index contributed by atoms with van der Waals surface area (Å²) in [5.41, 5.74) is 2.06. The highest BCUT2D eigenvalue weighted by atomic mass is 35.5. The predicted octanol–water partition coefficient (Wildman–Crippen LogP) is 5.59. The van der Waals surface area contributed by atoms with Crippen LogP contribution in [0.25, 0.3) is 0 Å². The second-order valence-electron chi connectivity index (χ2n) is 7.15. The number of benzene rings is 1. The lowest BCUT2D eigenvalue weighted by Gasteiger charge is -2.27. The summed E-state index contributed by atoms with van der Waals surface area (Å²) in [6, 6.07) is 3.85. The van der Waals surface area contributed by atoms with Crippen LogP contribution >= 0.6 is 47.2 Å². The molecule has 31 heavy (non-hydrogen) atoms. The number of halogens is 2. The first-order chi connectivity index (χ1) is 14.9. The zero-order chi connectivity index (χ0) is 22.7. The van der Waals surface area contributed by atoms with Crippen molar-refractivity contribution in [2.45, 2.75) is 27.7 Å². The van der Waals surface area contributed by atoms with Gasteiger partial charge in [0.1, 0.15) is 10.1 Å². The van der Waals surface area contributed by atoms with E-state index in [-0.39, 0.29) is 5.91 Å². The lowest BCUT2D eigenvalue weighted by Crippen LogP contribution is -2.36. The number of carbonyl (C=O) groups is 1. The number of likely N-dealkylation sites (N-methyl/N-ethyl adjacent to an activating group) is 2. The minimum absolute atomic E-state index is 0.0336. The number of amides is 1. The summed E-state index contributed by atoms with van der Waals surface area (Å²) in [5, 5.41) is 1.07. The number of rotatable bonds is 8. The molecule has 0 bridgehead atoms. The highest BCUT2D eigenvalue weighted by molar-refractivity contribution is 8.26. The number of hydrogen-bond acceptors (Lipinski definition) is 6. The van der Waals surface area contributed by atoms with Crippen molar-refractivity contribution < 1.29 is 4.79 Å². The van der Waals surface area contributed by atoms with Gasteiger partial charge in [-0.2, -0.15) is 0 Å². The summed E-state index contributed by atoms with van der Waals surface area (Å²) in [4.78, 5) is 21.8. The smallest absolute Gasteiger partial charge is 0.266 e. The van der Waals surface area contributed by atoms with E-state index >= 15 is 0 Å². The molecule has 1 aromatic rings. The molecule has 2 heterocycles. The topological polar surface area (TPSA) is 30.0 Å². The minimum Gasteiger partial charge on any atom is -0.326 e. The first kappa shape index (κ1) is 24.4. The van der Waals surface area contributed by atoms with Gasteiger partial charge in [-0.15, -0.1) is 0 Å². The Hall–Kier alpha value is -1.25. The average molecular weight is 500 g/mol. The number of allylic oxidation sites excluding steroid dienone is 2. The zero-order valence-corrected chi connectivity index (χ0v) is 21.5. The predicted molar refractivity (Wildman–Crippen MR) is 138 cm³/mol. The SMILES string of the molecule is CCN(CC)CCN1/C(=C/C=C2\SC(=S)N(CC)C2=O)N(CC)c2cc(Cl)c(Cl)cc21. The van der Waals surface area contributed by atoms with Crippen molar-refractivity contribution in [1.29, 1.82) is 0 Å². The Morgan fingerprint density at radius 1 is 0.968 bits per heavy atom. The average Bonchev–Trinajstić information content (AvgIpc) is 3.19. The maximum atomic E-state index is 12.6. The van der Waals surface area contributed by atoms with Gasteiger partial charge in [0.15, 0.2) is 0 Å². The molecule has 0 aliphatic carbocycles. The molecule has 5 nitrogen and oxygen atoms in total. The van der Waals surface area contributed by atoms with Crippen LogP contribution in [0, 0.1) is 0 Å². The lowest BCUT2D eigenvalue weighted by molar-refractivity contribution is -0.122. The molecule has 0 saturated carbocycles. The van der Waals surface area contributed by atoms with Crippen LogP contribution in [0.1, 0.15) is 27.7 Å². The standard InChI is InChI=1S/C22H28Cl2N4OS2/c1-5-25(6-2)11-12-28-18-14-16(24)15(23)13-17(18)26(7-3)20(28)10-9-19-21(29)27(8-4)22(30)31-19/h9-10,13-14H,5-8,11-12H2,1-4H3/b19-9-,20-10+. The molecule has 0 N–H and O–H groups in total. The number of carbonyl (C=O) groups excluding carboxylic acids is 1. The fourth-order valence-electron chi connectivity index (χ4n) is 3.82. The third kappa shape index (κ3) is 4.91. The van der Waals surface area contributed by atoms with Gasteiger partial charge < -0.3 is 14.7 Å². The van der Waals surface area contributed by atoms with Crippen LogP contribution in [0.15, 0.2) is 35.0 Å². The van der Waals surface area contributed by atoms with E-state index in [0.29, 0.717) is 25.8 Å². The Balaban J connectivity index is 2.01. The van der Waals surface area contributed by atoms with Crippen molar-refractivity contribution in [3.05, 3.63) is 45.1 Å². The van der Waals surface area contributed by atoms with Crippen LogP contribution in [0.5, 0.6) is 0 Å². The maximum absolute atomic E-state index is 12.6. The third-order valence-electron chi connectivity index (χ3n) is 5.58. The fourth-order valence-corrected chi connectivity index (χ4v) is 5.46. The zero-order valence-electron chi connectivity index (χ0n) is 18.3. The van der Waals surface area contributed by atoms with Gasteiger partial charge in [0.25, 0.3) is 5.91 Å². The van der Waals surface area contributed by atoms with Gasteiger partial charge in [0, 0.05) is 26.2 Å². The first-order valence-corrected chi connectivity index (χ1v) is 12.6. The second-order valence-corrected chi connectivity index (χ2v) is 9.64. The van der Waals surface area contributed by atoms with Gasteiger partial charge >= 0.3 is 0 Å². The largest absolute Gasteiger partial charge is 0.326 e. The molecule has 1 aromatic carbocycles. The van der Waals surface area contributed by atoms with E-state index in [2.05, 4.69) is 35.5 Å². The van der Waals surface area contributed by atoms with Crippen molar-refractivity contribution in [2.75, 3.05) is 49.1 Å². The Labute approximate surface area is 204 Å². The summed E-state index contributed by atoms with van der Waals surface area (Å²) in [7, 11) is 0. The monoisotopic (exact) mass is 498 g/mol. The van der Waals surface area contributed by atoms with Crippen LogP contribution in [0.2, 0.25) is 10.0 Å². The summed E-state index contributed by atoms with van der Waals surface area (Å²) < 4.78 is 0.608. The Kier molecular flexibility index (Phi) is 8.32. The minimum atomic E-state index is -0.0336. The molecule has 0 atom stereocenters. The quantitative estimate of drug-likeness (QED) is 0.343. The van der Waals surface area contributed by atoms with E-state index < -0.39 is 0 Å². The van der Waals surface area contributed by atoms with Crippen LogP contribution in [0.4, 0.5) is 11.4 Å². The number of thioether (sulfide) groups is 1. The van der Waals surface area contributed by atoms with Gasteiger partial charge in [0.05, 0.1) is 26.3 Å². The van der Waals surface area contributed by atoms with Crippen LogP contribution in [0.3, 0.4) is 0 Å². The summed E-state index contributed by atoms with van der Waals surface area (Å²) in [6.07, 6.45) is 3.89. The van der Waals surface area contributed by atoms with Crippen LogP contribution in [-0.4, -0.2) is 59.3 Å². The molecular weight excluding hydrogens is 471 g/mol. The molecule has 0 aromatic heterocycles. The Morgan fingerprint density at radius 3 is 2.06 bits per heavy atom. The van der Waals surface area contributed by atoms with Crippen molar-refractivity contribution in [3.63, 3.8) is 0 Å². The number of anilines is 2. The van der Waals surface area contributed by atoms with Crippen LogP contribution in [-0.2, 0) is 4.79 Å². The van der Waals surface area contributed by atoms with E-state index in [9.17, 15) is 4.79 Å². The van der Waals surface area contributed by atoms with Crippen molar-refractivity contribution in [1.82, 2.24) is 9.80 Å². The molecule has 0 spiro atoms. The molecule has 2 aliphatic rings. The highest BCUT2D eigenvalue weighted by Gasteiger charge is 2.33. The van der Waals surface area contributed by atoms with Crippen LogP contribution < -0.4 is 9.80 Å². The third-order valence-corrected chi connectivity index (χ3v) is 7.69. The highest BCUT2D eigenvalue weighted by Crippen LogP contribution is 2.45. The second kappa shape index (κ2) is 10.6. The molecule has 0 radical (unpaired) electrons. The van der Waals surface area contributed by atoms with Gasteiger partial charge in [0.2, 0.25) is 0 Å². The number of fused-ring (bicyclic) bond motifs is 1. The van der Waals surface area contributed by atoms with Crippen molar-refractivity contribution in [3.8, 4) is 0 Å². The molecular formula is C22H28Cl2N4OS2. The molecule has 168 valence electrons. The van der Waals surface area contributed by atoms with Gasteiger partial charge in [-0.3, -0.25) is 9.69 Å². The Morgan fingerprint density at radius 2 is 1.55 bits per heavy atom. The molecule has 1 amide bonds. The van der Waals surface area contributed by atoms with Gasteiger partial charge in [-0.1, -0.05) is 61.0 Å². The molecule has 1 fully saturated rings. The van der Waals surface area contributed by atoms with Crippen molar-refractivity contribution >= 4 is 68.8 Å². The van der Waals surface area contributed by atoms with E-state index in [4.69, 9.17) is 35.4 Å². The van der Waals surface area contributed by atoms with E-state index in [1.807, 2.05) is 31.2 Å². The number of thiocarbonyl (C=S) groups is 1. The van der Waals surface area contributed by atoms with Crippen molar-refractivity contribution in [2.24, 2.45) is 0 Å². The van der Waals surface area contributed by atoms with Gasteiger partial charge in [-0.25, -0.2) is 0 Å². The number of nitrogens with zero attached hydrogens (tertiary/aromatic N) is 4. The lowest BCUT2D eigenvalue weighted by atomic mass is 10.2. The van der Waals surface area contributed by atoms with E-state index in [0.717, 1.165) is 49.9 Å². The van der Waals surface area contributed by atoms with E-state index in [1.165, 1.54) is 11.8 Å². The Bertz CT molecular complexity index is 930. The normalized spacial score (nSPS) is 19.0. The summed E-state index contributed by atoms with van der Waals surface area (Å²) >= 11 is 19.4. The fraction of sp³-hybridized carbons (Fsp3) is 0.455. The molecule has 3 rings (SSSR count). The van der Waals surface area contributed by atoms with E-state index in [1.54, 1.807) is 4.90 Å². The number of hydrogen-bond donors (Lipinski definition) is 0. The maximum Gasteiger partial charge on any atom is 0.266 e.